The lowest BCUT2D eigenvalue weighted by Gasteiger charge is -2.43. The van der Waals surface area contributed by atoms with Crippen molar-refractivity contribution < 1.29 is 29.3 Å². The number of aromatic nitrogens is 2. The van der Waals surface area contributed by atoms with E-state index in [1.54, 1.807) is 0 Å². The van der Waals surface area contributed by atoms with Crippen LogP contribution in [-0.4, -0.2) is 119 Å². The molecule has 3 fully saturated rings. The molecule has 4 heterocycles. The largest absolute Gasteiger partial charge is 0.478 e. The van der Waals surface area contributed by atoms with Crippen molar-refractivity contribution in [2.75, 3.05) is 75.1 Å². The van der Waals surface area contributed by atoms with Crippen molar-refractivity contribution in [3.05, 3.63) is 47.3 Å². The van der Waals surface area contributed by atoms with E-state index in [2.05, 4.69) is 62.5 Å². The Morgan fingerprint density at radius 1 is 0.957 bits per heavy atom. The highest BCUT2D eigenvalue weighted by Gasteiger charge is 2.27. The van der Waals surface area contributed by atoms with Crippen LogP contribution in [0.3, 0.4) is 0 Å². The summed E-state index contributed by atoms with van der Waals surface area (Å²) >= 11 is 0. The van der Waals surface area contributed by atoms with Crippen molar-refractivity contribution in [2.24, 2.45) is 5.73 Å². The molecular formula is C33H48N8O6. The standard InChI is InChI=1S/C29H44N8O2.C4H4O4/c1-4-24-28(31-21-9-17-39-18-10-21)34-29(26(33-24)27(30)38)32-22-5-6-25(20(2)19-22)37-11-7-23(8-12-37)36-15-13-35(3)14-16-36;5-3(6)1-2-4(7)8/h5-6,19,21,23H,4,7-18H2,1-3H3,(H2,30,38)(H2,31,32,34);1-2H,(H,5,6)(H,7,8)/b;2-1+. The number of carboxylic acids is 2. The number of carbonyl (C=O) groups is 3. The third kappa shape index (κ3) is 10.4. The summed E-state index contributed by atoms with van der Waals surface area (Å²) < 4.78 is 5.49. The van der Waals surface area contributed by atoms with Gasteiger partial charge in [0.1, 0.15) is 0 Å². The van der Waals surface area contributed by atoms with E-state index in [1.165, 1.54) is 50.3 Å². The zero-order valence-electron chi connectivity index (χ0n) is 27.6. The normalized spacial score (nSPS) is 18.4. The average molecular weight is 653 g/mol. The van der Waals surface area contributed by atoms with Crippen LogP contribution in [0.2, 0.25) is 0 Å². The van der Waals surface area contributed by atoms with Gasteiger partial charge in [0.25, 0.3) is 5.91 Å². The third-order valence-electron chi connectivity index (χ3n) is 8.79. The minimum Gasteiger partial charge on any atom is -0.478 e. The zero-order valence-corrected chi connectivity index (χ0v) is 27.6. The molecule has 0 aliphatic carbocycles. The van der Waals surface area contributed by atoms with Gasteiger partial charge in [0, 0.05) is 88.1 Å². The first-order valence-corrected chi connectivity index (χ1v) is 16.3. The molecule has 5 rings (SSSR count). The number of amides is 1. The lowest BCUT2D eigenvalue weighted by Crippen LogP contribution is -2.52. The van der Waals surface area contributed by atoms with Gasteiger partial charge in [0.15, 0.2) is 17.3 Å². The Balaban J connectivity index is 0.000000555. The van der Waals surface area contributed by atoms with Crippen molar-refractivity contribution in [1.82, 2.24) is 19.8 Å². The topological polar surface area (TPSA) is 186 Å². The van der Waals surface area contributed by atoms with Gasteiger partial charge in [-0.2, -0.15) is 0 Å². The van der Waals surface area contributed by atoms with E-state index in [1.807, 2.05) is 6.92 Å². The van der Waals surface area contributed by atoms with E-state index in [-0.39, 0.29) is 11.7 Å². The van der Waals surface area contributed by atoms with Crippen molar-refractivity contribution in [3.63, 3.8) is 0 Å². The number of likely N-dealkylation sites (N-methyl/N-ethyl adjacent to an activating group) is 1. The summed E-state index contributed by atoms with van der Waals surface area (Å²) in [4.78, 5) is 48.4. The van der Waals surface area contributed by atoms with E-state index in [4.69, 9.17) is 25.7 Å². The molecule has 3 aliphatic heterocycles. The number of carbonyl (C=O) groups excluding carboxylic acids is 1. The molecule has 0 saturated carbocycles. The fraction of sp³-hybridized carbons (Fsp3) is 0.545. The van der Waals surface area contributed by atoms with Crippen molar-refractivity contribution in [1.29, 1.82) is 0 Å². The number of anilines is 4. The molecule has 256 valence electrons. The molecule has 14 heteroatoms. The van der Waals surface area contributed by atoms with Gasteiger partial charge in [0.2, 0.25) is 0 Å². The Kier molecular flexibility index (Phi) is 12.9. The predicted octanol–water partition coefficient (Wildman–Crippen LogP) is 2.71. The second kappa shape index (κ2) is 17.0. The number of carboxylic acid groups (broad SMARTS) is 2. The lowest BCUT2D eigenvalue weighted by atomic mass is 10.0. The predicted molar refractivity (Wildman–Crippen MR) is 181 cm³/mol. The van der Waals surface area contributed by atoms with Gasteiger partial charge < -0.3 is 41.1 Å². The van der Waals surface area contributed by atoms with Crippen LogP contribution in [0.5, 0.6) is 0 Å². The molecule has 1 amide bonds. The van der Waals surface area contributed by atoms with Crippen LogP contribution in [0.4, 0.5) is 23.0 Å². The van der Waals surface area contributed by atoms with Crippen LogP contribution in [0, 0.1) is 6.92 Å². The highest BCUT2D eigenvalue weighted by molar-refractivity contribution is 5.96. The molecule has 47 heavy (non-hydrogen) atoms. The minimum absolute atomic E-state index is 0.164. The molecule has 6 N–H and O–H groups in total. The number of benzene rings is 1. The van der Waals surface area contributed by atoms with Crippen LogP contribution in [0.15, 0.2) is 30.4 Å². The van der Waals surface area contributed by atoms with Crippen molar-refractivity contribution in [3.8, 4) is 0 Å². The van der Waals surface area contributed by atoms with Gasteiger partial charge in [-0.3, -0.25) is 9.69 Å². The molecule has 0 bridgehead atoms. The van der Waals surface area contributed by atoms with Crippen molar-refractivity contribution in [2.45, 2.75) is 58.0 Å². The number of primary amides is 1. The molecule has 0 unspecified atom stereocenters. The highest BCUT2D eigenvalue weighted by Crippen LogP contribution is 2.30. The van der Waals surface area contributed by atoms with E-state index < -0.39 is 17.8 Å². The third-order valence-corrected chi connectivity index (χ3v) is 8.79. The van der Waals surface area contributed by atoms with Gasteiger partial charge in [0.05, 0.1) is 5.69 Å². The van der Waals surface area contributed by atoms with Crippen LogP contribution in [-0.2, 0) is 20.7 Å². The van der Waals surface area contributed by atoms with E-state index in [0.29, 0.717) is 36.3 Å². The second-order valence-electron chi connectivity index (χ2n) is 12.2. The summed E-state index contributed by atoms with van der Waals surface area (Å²) in [6, 6.07) is 7.31. The molecule has 2 aromatic rings. The Hall–Kier alpha value is -4.27. The Labute approximate surface area is 276 Å². The van der Waals surface area contributed by atoms with Gasteiger partial charge >= 0.3 is 11.9 Å². The molecule has 3 aliphatic rings. The summed E-state index contributed by atoms with van der Waals surface area (Å²) in [6.07, 6.45) is 6.00. The molecule has 3 saturated heterocycles. The fourth-order valence-electron chi connectivity index (χ4n) is 6.15. The van der Waals surface area contributed by atoms with Crippen LogP contribution < -0.4 is 21.3 Å². The van der Waals surface area contributed by atoms with E-state index in [9.17, 15) is 14.4 Å². The number of nitrogens with zero attached hydrogens (tertiary/aromatic N) is 5. The minimum atomic E-state index is -1.26. The first-order chi connectivity index (χ1) is 22.5. The number of nitrogens with one attached hydrogen (secondary N) is 2. The summed E-state index contributed by atoms with van der Waals surface area (Å²) in [7, 11) is 2.21. The summed E-state index contributed by atoms with van der Waals surface area (Å²) in [6.45, 7) is 12.5. The molecule has 0 radical (unpaired) electrons. The Morgan fingerprint density at radius 2 is 1.60 bits per heavy atom. The maximum atomic E-state index is 12.3. The lowest BCUT2D eigenvalue weighted by molar-refractivity contribution is -0.134. The molecule has 1 aromatic heterocycles. The van der Waals surface area contributed by atoms with Crippen LogP contribution in [0.1, 0.15) is 54.4 Å². The maximum Gasteiger partial charge on any atom is 0.328 e. The molecule has 1 aromatic carbocycles. The molecule has 0 spiro atoms. The number of piperazine rings is 1. The number of hydrogen-bond acceptors (Lipinski definition) is 11. The van der Waals surface area contributed by atoms with Crippen LogP contribution in [0.25, 0.3) is 0 Å². The second-order valence-corrected chi connectivity index (χ2v) is 12.2. The van der Waals surface area contributed by atoms with Gasteiger partial charge in [-0.15, -0.1) is 0 Å². The SMILES string of the molecule is CCc1nc(C(N)=O)c(Nc2ccc(N3CCC(N4CCN(C)CC4)CC3)c(C)c2)nc1NC1CCOCC1.O=C(O)/C=C/C(=O)O. The first-order valence-electron chi connectivity index (χ1n) is 16.3. The summed E-state index contributed by atoms with van der Waals surface area (Å²) in [5.74, 6) is -2.02. The van der Waals surface area contributed by atoms with Gasteiger partial charge in [-0.1, -0.05) is 6.92 Å². The summed E-state index contributed by atoms with van der Waals surface area (Å²) in [5.41, 5.74) is 9.95. The average Bonchev–Trinajstić information content (AvgIpc) is 3.05. The fourth-order valence-corrected chi connectivity index (χ4v) is 6.15. The first kappa shape index (κ1) is 35.6. The Bertz CT molecular complexity index is 1400. The highest BCUT2D eigenvalue weighted by atomic mass is 16.5. The van der Waals surface area contributed by atoms with E-state index >= 15 is 0 Å². The number of rotatable bonds is 10. The number of ether oxygens (including phenoxy) is 1. The van der Waals surface area contributed by atoms with Gasteiger partial charge in [-0.25, -0.2) is 19.6 Å². The number of aliphatic carboxylic acids is 2. The monoisotopic (exact) mass is 652 g/mol. The zero-order chi connectivity index (χ0) is 33.9. The quantitative estimate of drug-likeness (QED) is 0.236. The van der Waals surface area contributed by atoms with E-state index in [0.717, 1.165) is 50.5 Å². The number of piperidine rings is 1. The number of nitrogens with two attached hydrogens (primary N) is 1. The Morgan fingerprint density at radius 3 is 2.15 bits per heavy atom. The maximum absolute atomic E-state index is 12.3. The number of hydrogen-bond donors (Lipinski definition) is 5. The molecule has 0 atom stereocenters. The summed E-state index contributed by atoms with van der Waals surface area (Å²) in [5, 5.41) is 22.5. The number of aryl methyl sites for hydroxylation is 2. The van der Waals surface area contributed by atoms with Crippen molar-refractivity contribution >= 4 is 40.9 Å². The smallest absolute Gasteiger partial charge is 0.328 e. The van der Waals surface area contributed by atoms with Gasteiger partial charge in [-0.05, 0) is 69.8 Å². The molecule has 14 nitrogen and oxygen atoms in total. The van der Waals surface area contributed by atoms with Crippen LogP contribution >= 0.6 is 0 Å². The molecular weight excluding hydrogens is 604 g/mol.